The maximum absolute atomic E-state index is 12.9. The molecule has 2 aliphatic heterocycles. The van der Waals surface area contributed by atoms with Crippen molar-refractivity contribution in [2.45, 2.75) is 58.1 Å². The molecule has 0 spiro atoms. The summed E-state index contributed by atoms with van der Waals surface area (Å²) in [5.74, 6) is 0.176. The minimum Gasteiger partial charge on any atom is -0.444 e. The van der Waals surface area contributed by atoms with E-state index in [0.717, 1.165) is 21.9 Å². The second-order valence-electron chi connectivity index (χ2n) is 8.95. The van der Waals surface area contributed by atoms with Crippen LogP contribution in [0.5, 0.6) is 0 Å². The third kappa shape index (κ3) is 4.79. The Morgan fingerprint density at radius 2 is 2.10 bits per heavy atom. The summed E-state index contributed by atoms with van der Waals surface area (Å²) in [5.41, 5.74) is 1.26. The van der Waals surface area contributed by atoms with E-state index in [0.29, 0.717) is 31.6 Å². The Balaban J connectivity index is 1.38. The van der Waals surface area contributed by atoms with E-state index in [4.69, 9.17) is 4.74 Å². The summed E-state index contributed by atoms with van der Waals surface area (Å²) in [6.45, 7) is 6.68. The van der Waals surface area contributed by atoms with Crippen LogP contribution in [0.2, 0.25) is 0 Å². The number of ketones is 2. The van der Waals surface area contributed by atoms with Crippen LogP contribution in [-0.4, -0.2) is 50.8 Å². The van der Waals surface area contributed by atoms with Gasteiger partial charge in [-0.05, 0) is 51.3 Å². The lowest BCUT2D eigenvalue weighted by Gasteiger charge is -2.29. The Morgan fingerprint density at radius 3 is 2.81 bits per heavy atom. The number of hydrogen-bond acceptors (Lipinski definition) is 6. The molecule has 0 bridgehead atoms. The fourth-order valence-corrected chi connectivity index (χ4v) is 4.94. The minimum atomic E-state index is -0.507. The molecule has 0 N–H and O–H groups in total. The molecule has 7 nitrogen and oxygen atoms in total. The van der Waals surface area contributed by atoms with Crippen molar-refractivity contribution in [3.05, 3.63) is 46.2 Å². The van der Waals surface area contributed by atoms with Crippen LogP contribution in [-0.2, 0) is 16.0 Å². The van der Waals surface area contributed by atoms with Crippen molar-refractivity contribution in [3.8, 4) is 0 Å². The zero-order chi connectivity index (χ0) is 22.2. The second kappa shape index (κ2) is 8.42. The van der Waals surface area contributed by atoms with Crippen LogP contribution < -0.4 is 0 Å². The van der Waals surface area contributed by atoms with Crippen molar-refractivity contribution in [3.63, 3.8) is 0 Å². The molecule has 4 rings (SSSR count). The lowest BCUT2D eigenvalue weighted by Crippen LogP contribution is -2.39. The van der Waals surface area contributed by atoms with Crippen LogP contribution >= 0.6 is 11.3 Å². The molecule has 0 saturated carbocycles. The van der Waals surface area contributed by atoms with Gasteiger partial charge in [-0.1, -0.05) is 6.08 Å². The summed E-state index contributed by atoms with van der Waals surface area (Å²) >= 11 is 1.52. The lowest BCUT2D eigenvalue weighted by molar-refractivity contribution is -0.121. The molecule has 1 unspecified atom stereocenters. The maximum atomic E-state index is 12.9. The number of carbonyl (C=O) groups excluding carboxylic acids is 3. The molecular formula is C23H27N3O4S. The predicted octanol–water partition coefficient (Wildman–Crippen LogP) is 4.30. The molecule has 0 saturated heterocycles. The number of rotatable bonds is 4. The van der Waals surface area contributed by atoms with Crippen LogP contribution in [0.4, 0.5) is 4.79 Å². The minimum absolute atomic E-state index is 0.0829. The highest BCUT2D eigenvalue weighted by molar-refractivity contribution is 7.12. The standard InChI is InChI=1S/C23H27N3O4S/c1-23(2,3)30-22(29)25-11-8-15(9-12-25)20-14-24-21(31-20)13-19(28)17-6-7-18(27)16-5-4-10-26(16)17/h4-5,8,10,14,17H,6-7,9,11-13H2,1-3H3. The Kier molecular flexibility index (Phi) is 5.83. The molecule has 0 aromatic carbocycles. The number of aromatic nitrogens is 2. The zero-order valence-electron chi connectivity index (χ0n) is 18.1. The van der Waals surface area contributed by atoms with Crippen LogP contribution in [0, 0.1) is 0 Å². The van der Waals surface area contributed by atoms with E-state index >= 15 is 0 Å². The topological polar surface area (TPSA) is 81.5 Å². The third-order valence-corrected chi connectivity index (χ3v) is 6.55. The van der Waals surface area contributed by atoms with E-state index in [9.17, 15) is 14.4 Å². The predicted molar refractivity (Wildman–Crippen MR) is 118 cm³/mol. The Hall–Kier alpha value is -2.74. The maximum Gasteiger partial charge on any atom is 0.410 e. The van der Waals surface area contributed by atoms with Gasteiger partial charge >= 0.3 is 6.09 Å². The normalized spacial score (nSPS) is 19.1. The summed E-state index contributed by atoms with van der Waals surface area (Å²) in [4.78, 5) is 44.3. The number of Topliss-reactive ketones (excluding diaryl/α,β-unsaturated/α-hetero) is 2. The molecule has 1 atom stereocenters. The van der Waals surface area contributed by atoms with Crippen LogP contribution in [0.15, 0.2) is 30.6 Å². The third-order valence-electron chi connectivity index (χ3n) is 5.47. The first-order chi connectivity index (χ1) is 14.7. The molecule has 4 heterocycles. The van der Waals surface area contributed by atoms with Crippen molar-refractivity contribution in [1.29, 1.82) is 0 Å². The monoisotopic (exact) mass is 441 g/mol. The van der Waals surface area contributed by atoms with Crippen LogP contribution in [0.25, 0.3) is 5.57 Å². The van der Waals surface area contributed by atoms with Gasteiger partial charge in [-0.15, -0.1) is 11.3 Å². The first-order valence-corrected chi connectivity index (χ1v) is 11.4. The van der Waals surface area contributed by atoms with Crippen LogP contribution in [0.1, 0.15) is 66.4 Å². The average molecular weight is 442 g/mol. The molecule has 0 aliphatic carbocycles. The van der Waals surface area contributed by atoms with E-state index in [1.807, 2.05) is 45.3 Å². The molecule has 2 aromatic rings. The number of ether oxygens (including phenoxy) is 1. The van der Waals surface area contributed by atoms with Gasteiger partial charge in [-0.3, -0.25) is 9.59 Å². The average Bonchev–Trinajstić information content (AvgIpc) is 3.37. The molecule has 2 aromatic heterocycles. The highest BCUT2D eigenvalue weighted by atomic mass is 32.1. The Morgan fingerprint density at radius 1 is 1.29 bits per heavy atom. The van der Waals surface area contributed by atoms with Crippen molar-refractivity contribution in [2.75, 3.05) is 13.1 Å². The fraction of sp³-hybridized carbons (Fsp3) is 0.478. The van der Waals surface area contributed by atoms with Crippen molar-refractivity contribution in [1.82, 2.24) is 14.5 Å². The zero-order valence-corrected chi connectivity index (χ0v) is 18.9. The number of thiazole rings is 1. The van der Waals surface area contributed by atoms with E-state index in [1.54, 1.807) is 15.5 Å². The van der Waals surface area contributed by atoms with E-state index in [-0.39, 0.29) is 30.1 Å². The molecular weight excluding hydrogens is 414 g/mol. The van der Waals surface area contributed by atoms with Gasteiger partial charge in [-0.2, -0.15) is 0 Å². The number of fused-ring (bicyclic) bond motifs is 1. The molecule has 164 valence electrons. The summed E-state index contributed by atoms with van der Waals surface area (Å²) < 4.78 is 7.24. The molecule has 8 heteroatoms. The summed E-state index contributed by atoms with van der Waals surface area (Å²) in [7, 11) is 0. The van der Waals surface area contributed by atoms with Gasteiger partial charge in [0.25, 0.3) is 0 Å². The summed E-state index contributed by atoms with van der Waals surface area (Å²) in [5, 5.41) is 0.779. The number of amides is 1. The van der Waals surface area contributed by atoms with Crippen LogP contribution in [0.3, 0.4) is 0 Å². The molecule has 0 fully saturated rings. The number of hydrogen-bond donors (Lipinski definition) is 0. The quantitative estimate of drug-likeness (QED) is 0.707. The van der Waals surface area contributed by atoms with Crippen molar-refractivity contribution < 1.29 is 19.1 Å². The van der Waals surface area contributed by atoms with E-state index < -0.39 is 5.60 Å². The van der Waals surface area contributed by atoms with E-state index in [2.05, 4.69) is 4.98 Å². The van der Waals surface area contributed by atoms with E-state index in [1.165, 1.54) is 11.3 Å². The molecule has 1 amide bonds. The van der Waals surface area contributed by atoms with Crippen molar-refractivity contribution >= 4 is 34.6 Å². The van der Waals surface area contributed by atoms with Gasteiger partial charge < -0.3 is 14.2 Å². The number of carbonyl (C=O) groups is 3. The molecule has 0 radical (unpaired) electrons. The highest BCUT2D eigenvalue weighted by Crippen LogP contribution is 2.31. The molecule has 31 heavy (non-hydrogen) atoms. The molecule has 2 aliphatic rings. The smallest absolute Gasteiger partial charge is 0.410 e. The largest absolute Gasteiger partial charge is 0.444 e. The van der Waals surface area contributed by atoms with Gasteiger partial charge in [0.05, 0.1) is 23.0 Å². The number of nitrogens with zero attached hydrogens (tertiary/aromatic N) is 3. The van der Waals surface area contributed by atoms with Gasteiger partial charge in [0, 0.05) is 31.9 Å². The first-order valence-electron chi connectivity index (χ1n) is 10.6. The van der Waals surface area contributed by atoms with Gasteiger partial charge in [0.2, 0.25) is 0 Å². The Bertz CT molecular complexity index is 1040. The highest BCUT2D eigenvalue weighted by Gasteiger charge is 2.30. The SMILES string of the molecule is CC(C)(C)OC(=O)N1CC=C(c2cnc(CC(=O)C3CCC(=O)c4cccn43)s2)CC1. The summed E-state index contributed by atoms with van der Waals surface area (Å²) in [6, 6.07) is 3.29. The fourth-order valence-electron chi connectivity index (χ4n) is 3.95. The van der Waals surface area contributed by atoms with Gasteiger partial charge in [-0.25, -0.2) is 9.78 Å². The first kappa shape index (κ1) is 21.5. The summed E-state index contributed by atoms with van der Waals surface area (Å²) in [6.07, 6.45) is 7.30. The lowest BCUT2D eigenvalue weighted by atomic mass is 9.97. The van der Waals surface area contributed by atoms with Crippen molar-refractivity contribution in [2.24, 2.45) is 0 Å². The van der Waals surface area contributed by atoms with Gasteiger partial charge in [0.1, 0.15) is 10.6 Å². The second-order valence-corrected chi connectivity index (χ2v) is 10.1. The van der Waals surface area contributed by atoms with Gasteiger partial charge in [0.15, 0.2) is 11.6 Å². The Labute approximate surface area is 185 Å².